The molecular weight excluding hydrogens is 467 g/mol. The van der Waals surface area contributed by atoms with Crippen LogP contribution in [-0.2, 0) is 10.2 Å². The summed E-state index contributed by atoms with van der Waals surface area (Å²) in [5.74, 6) is -0.0101. The Bertz CT molecular complexity index is 1170. The number of carbonyl (C=O) groups excluding carboxylic acids is 1. The van der Waals surface area contributed by atoms with Gasteiger partial charge in [-0.05, 0) is 48.9 Å². The van der Waals surface area contributed by atoms with Crippen LogP contribution in [0.1, 0.15) is 49.7 Å². The number of likely N-dealkylation sites (tertiary alicyclic amines) is 1. The Labute approximate surface area is 218 Å². The van der Waals surface area contributed by atoms with Gasteiger partial charge >= 0.3 is 0 Å². The maximum absolute atomic E-state index is 14.1. The molecule has 3 aromatic rings. The lowest BCUT2D eigenvalue weighted by molar-refractivity contribution is -0.123. The third-order valence-electron chi connectivity index (χ3n) is 8.40. The Morgan fingerprint density at radius 1 is 1.00 bits per heavy atom. The fraction of sp³-hybridized carbons (Fsp3) is 0.387. The predicted octanol–water partition coefficient (Wildman–Crippen LogP) is 5.46. The van der Waals surface area contributed by atoms with Crippen LogP contribution in [0.3, 0.4) is 0 Å². The SMILES string of the molecule is COc1ccc(OC2CN(C3(CCC(C(N)=O)(c4ccccc4)c4ccccc4)CCCC3)C2)cc1F. The van der Waals surface area contributed by atoms with Crippen molar-refractivity contribution < 1.29 is 18.7 Å². The van der Waals surface area contributed by atoms with E-state index in [1.165, 1.54) is 26.0 Å². The van der Waals surface area contributed by atoms with Gasteiger partial charge in [0.25, 0.3) is 0 Å². The first kappa shape index (κ1) is 25.3. The highest BCUT2D eigenvalue weighted by atomic mass is 19.1. The van der Waals surface area contributed by atoms with Gasteiger partial charge in [0.05, 0.1) is 12.5 Å². The van der Waals surface area contributed by atoms with Crippen molar-refractivity contribution in [2.45, 2.75) is 55.6 Å². The van der Waals surface area contributed by atoms with Gasteiger partial charge in [-0.1, -0.05) is 73.5 Å². The minimum absolute atomic E-state index is 0.00872. The Morgan fingerprint density at radius 3 is 2.11 bits per heavy atom. The summed E-state index contributed by atoms with van der Waals surface area (Å²) in [4.78, 5) is 15.8. The summed E-state index contributed by atoms with van der Waals surface area (Å²) in [6.07, 6.45) is 6.04. The van der Waals surface area contributed by atoms with E-state index in [-0.39, 0.29) is 23.3 Å². The van der Waals surface area contributed by atoms with Crippen molar-refractivity contribution in [3.63, 3.8) is 0 Å². The summed E-state index contributed by atoms with van der Waals surface area (Å²) in [6, 6.07) is 24.6. The molecule has 2 aliphatic rings. The van der Waals surface area contributed by atoms with E-state index in [1.54, 1.807) is 12.1 Å². The van der Waals surface area contributed by atoms with E-state index in [1.807, 2.05) is 60.7 Å². The molecule has 0 unspecified atom stereocenters. The number of nitrogens with zero attached hydrogens (tertiary/aromatic N) is 1. The Hall–Kier alpha value is -3.38. The largest absolute Gasteiger partial charge is 0.494 e. The third-order valence-corrected chi connectivity index (χ3v) is 8.40. The van der Waals surface area contributed by atoms with Crippen LogP contribution in [0.5, 0.6) is 11.5 Å². The van der Waals surface area contributed by atoms with Crippen molar-refractivity contribution in [1.82, 2.24) is 4.90 Å². The molecule has 0 spiro atoms. The van der Waals surface area contributed by atoms with E-state index >= 15 is 0 Å². The molecule has 1 aliphatic carbocycles. The Kier molecular flexibility index (Phi) is 7.20. The van der Waals surface area contributed by atoms with Gasteiger partial charge in [-0.2, -0.15) is 0 Å². The van der Waals surface area contributed by atoms with Crippen molar-refractivity contribution in [1.29, 1.82) is 0 Å². The Balaban J connectivity index is 1.34. The Morgan fingerprint density at radius 2 is 1.59 bits per heavy atom. The number of primary amides is 1. The second kappa shape index (κ2) is 10.5. The van der Waals surface area contributed by atoms with E-state index in [4.69, 9.17) is 15.2 Å². The van der Waals surface area contributed by atoms with Crippen molar-refractivity contribution in [3.05, 3.63) is 95.8 Å². The van der Waals surface area contributed by atoms with Crippen LogP contribution in [0.25, 0.3) is 0 Å². The lowest BCUT2D eigenvalue weighted by atomic mass is 9.68. The van der Waals surface area contributed by atoms with E-state index in [0.717, 1.165) is 43.5 Å². The molecular formula is C31H35FN2O3. The van der Waals surface area contributed by atoms with Crippen LogP contribution in [0.4, 0.5) is 4.39 Å². The molecule has 2 fully saturated rings. The summed E-state index contributed by atoms with van der Waals surface area (Å²) < 4.78 is 25.2. The van der Waals surface area contributed by atoms with Crippen molar-refractivity contribution in [2.75, 3.05) is 20.2 Å². The number of benzene rings is 3. The lowest BCUT2D eigenvalue weighted by Gasteiger charge is -2.51. The number of methoxy groups -OCH3 is 1. The molecule has 5 rings (SSSR count). The van der Waals surface area contributed by atoms with Crippen LogP contribution < -0.4 is 15.2 Å². The van der Waals surface area contributed by atoms with Gasteiger partial charge < -0.3 is 15.2 Å². The second-order valence-electron chi connectivity index (χ2n) is 10.4. The number of rotatable bonds is 10. The number of hydrogen-bond donors (Lipinski definition) is 1. The quantitative estimate of drug-likeness (QED) is 0.400. The molecule has 1 heterocycles. The molecule has 37 heavy (non-hydrogen) atoms. The number of ether oxygens (including phenoxy) is 2. The molecule has 0 bridgehead atoms. The van der Waals surface area contributed by atoms with Crippen molar-refractivity contribution in [2.24, 2.45) is 5.73 Å². The van der Waals surface area contributed by atoms with Gasteiger partial charge in [0.2, 0.25) is 5.91 Å². The standard InChI is InChI=1S/C31H35FN2O3/c1-36-28-15-14-25(20-27(28)32)37-26-21-34(22-26)30(16-8-9-17-30)18-19-31(29(33)35,23-10-4-2-5-11-23)24-12-6-3-7-13-24/h2-7,10-15,20,26H,8-9,16-19,21-22H2,1H3,(H2,33,35). The first-order valence-corrected chi connectivity index (χ1v) is 13.1. The van der Waals surface area contributed by atoms with E-state index in [9.17, 15) is 9.18 Å². The lowest BCUT2D eigenvalue weighted by Crippen LogP contribution is -2.63. The average Bonchev–Trinajstić information content (AvgIpc) is 3.37. The van der Waals surface area contributed by atoms with Crippen LogP contribution in [0.2, 0.25) is 0 Å². The zero-order valence-corrected chi connectivity index (χ0v) is 21.4. The number of hydrogen-bond acceptors (Lipinski definition) is 4. The zero-order valence-electron chi connectivity index (χ0n) is 21.4. The molecule has 5 nitrogen and oxygen atoms in total. The average molecular weight is 503 g/mol. The second-order valence-corrected chi connectivity index (χ2v) is 10.4. The summed E-state index contributed by atoms with van der Waals surface area (Å²) >= 11 is 0. The van der Waals surface area contributed by atoms with Gasteiger partial charge in [0.1, 0.15) is 11.9 Å². The number of nitrogens with two attached hydrogens (primary N) is 1. The van der Waals surface area contributed by atoms with Gasteiger partial charge in [-0.15, -0.1) is 0 Å². The van der Waals surface area contributed by atoms with Crippen molar-refractivity contribution in [3.8, 4) is 11.5 Å². The minimum Gasteiger partial charge on any atom is -0.494 e. The van der Waals surface area contributed by atoms with Gasteiger partial charge in [0, 0.05) is 24.7 Å². The molecule has 1 saturated carbocycles. The van der Waals surface area contributed by atoms with Crippen LogP contribution in [0, 0.1) is 5.82 Å². The van der Waals surface area contributed by atoms with Gasteiger partial charge in [-0.25, -0.2) is 4.39 Å². The zero-order chi connectivity index (χ0) is 25.9. The topological polar surface area (TPSA) is 64.8 Å². The smallest absolute Gasteiger partial charge is 0.232 e. The molecule has 6 heteroatoms. The molecule has 1 amide bonds. The highest BCUT2D eigenvalue weighted by Crippen LogP contribution is 2.46. The van der Waals surface area contributed by atoms with E-state index in [0.29, 0.717) is 12.2 Å². The molecule has 0 aromatic heterocycles. The van der Waals surface area contributed by atoms with Crippen LogP contribution >= 0.6 is 0 Å². The maximum atomic E-state index is 14.1. The maximum Gasteiger partial charge on any atom is 0.232 e. The third kappa shape index (κ3) is 4.82. The molecule has 0 atom stereocenters. The fourth-order valence-electron chi connectivity index (χ4n) is 6.30. The normalized spacial score (nSPS) is 17.8. The molecule has 194 valence electrons. The summed E-state index contributed by atoms with van der Waals surface area (Å²) in [6.45, 7) is 1.57. The van der Waals surface area contributed by atoms with E-state index < -0.39 is 11.2 Å². The molecule has 3 aromatic carbocycles. The fourth-order valence-corrected chi connectivity index (χ4v) is 6.30. The highest BCUT2D eigenvalue weighted by molar-refractivity contribution is 5.90. The number of halogens is 1. The van der Waals surface area contributed by atoms with Crippen molar-refractivity contribution >= 4 is 5.91 Å². The number of carbonyl (C=O) groups is 1. The predicted molar refractivity (Wildman–Crippen MR) is 142 cm³/mol. The summed E-state index contributed by atoms with van der Waals surface area (Å²) in [5.41, 5.74) is 7.21. The molecule has 1 aliphatic heterocycles. The monoisotopic (exact) mass is 502 g/mol. The first-order chi connectivity index (χ1) is 18.0. The van der Waals surface area contributed by atoms with Gasteiger partial charge in [0.15, 0.2) is 11.6 Å². The number of amides is 1. The summed E-state index contributed by atoms with van der Waals surface area (Å²) in [5, 5.41) is 0. The summed E-state index contributed by atoms with van der Waals surface area (Å²) in [7, 11) is 1.45. The van der Waals surface area contributed by atoms with Crippen LogP contribution in [-0.4, -0.2) is 42.6 Å². The van der Waals surface area contributed by atoms with Crippen LogP contribution in [0.15, 0.2) is 78.9 Å². The molecule has 2 N–H and O–H groups in total. The van der Waals surface area contributed by atoms with E-state index in [2.05, 4.69) is 4.90 Å². The molecule has 0 radical (unpaired) electrons. The molecule has 1 saturated heterocycles. The minimum atomic E-state index is -0.889. The van der Waals surface area contributed by atoms with Gasteiger partial charge in [-0.3, -0.25) is 9.69 Å². The first-order valence-electron chi connectivity index (χ1n) is 13.1. The highest BCUT2D eigenvalue weighted by Gasteiger charge is 2.49.